The molecular formula is C18H17N3O2S. The summed E-state index contributed by atoms with van der Waals surface area (Å²) < 4.78 is 5.55. The van der Waals surface area contributed by atoms with Crippen molar-refractivity contribution < 1.29 is 9.53 Å². The van der Waals surface area contributed by atoms with Crippen molar-refractivity contribution in [3.63, 3.8) is 0 Å². The first-order valence-electron chi connectivity index (χ1n) is 7.58. The molecule has 0 aliphatic rings. The highest BCUT2D eigenvalue weighted by Gasteiger charge is 2.12. The molecule has 6 heteroatoms. The smallest absolute Gasteiger partial charge is 0.227 e. The molecule has 0 bridgehead atoms. The zero-order valence-corrected chi connectivity index (χ0v) is 14.0. The van der Waals surface area contributed by atoms with Crippen molar-refractivity contribution in [1.29, 1.82) is 0 Å². The van der Waals surface area contributed by atoms with E-state index in [1.807, 2.05) is 55.5 Å². The van der Waals surface area contributed by atoms with Gasteiger partial charge in [-0.05, 0) is 25.1 Å². The third-order valence-corrected chi connectivity index (χ3v) is 4.34. The van der Waals surface area contributed by atoms with Crippen molar-refractivity contribution in [2.45, 2.75) is 11.9 Å². The number of hydrogen-bond acceptors (Lipinski definition) is 5. The lowest BCUT2D eigenvalue weighted by atomic mass is 10.2. The predicted molar refractivity (Wildman–Crippen MR) is 96.1 cm³/mol. The number of amides is 1. The fraction of sp³-hybridized carbons (Fsp3) is 0.167. The minimum absolute atomic E-state index is 0.166. The zero-order valence-electron chi connectivity index (χ0n) is 13.2. The largest absolute Gasteiger partial charge is 0.494 e. The second-order valence-corrected chi connectivity index (χ2v) is 6.05. The minimum atomic E-state index is -0.381. The van der Waals surface area contributed by atoms with Crippen LogP contribution >= 0.6 is 11.8 Å². The number of carbonyl (C=O) groups excluding carboxylic acids is 1. The topological polar surface area (TPSA) is 78.1 Å². The van der Waals surface area contributed by atoms with E-state index in [2.05, 4.69) is 9.97 Å². The molecule has 122 valence electrons. The number of fused-ring (bicyclic) bond motifs is 1. The van der Waals surface area contributed by atoms with Gasteiger partial charge in [0, 0.05) is 10.9 Å². The normalized spacial score (nSPS) is 10.7. The first-order valence-corrected chi connectivity index (χ1v) is 8.57. The van der Waals surface area contributed by atoms with Crippen LogP contribution in [0.1, 0.15) is 6.92 Å². The molecule has 0 unspecified atom stereocenters. The molecule has 0 aliphatic heterocycles. The number of primary amides is 1. The lowest BCUT2D eigenvalue weighted by Gasteiger charge is -2.10. The maximum Gasteiger partial charge on any atom is 0.227 e. The number of rotatable bonds is 6. The molecule has 0 saturated heterocycles. The summed E-state index contributed by atoms with van der Waals surface area (Å²) in [5.74, 6) is 1.16. The van der Waals surface area contributed by atoms with Crippen LogP contribution in [0.5, 0.6) is 5.75 Å². The van der Waals surface area contributed by atoms with Gasteiger partial charge >= 0.3 is 0 Å². The Hall–Kier alpha value is -2.60. The molecule has 1 aromatic heterocycles. The van der Waals surface area contributed by atoms with E-state index in [-0.39, 0.29) is 11.7 Å². The summed E-state index contributed by atoms with van der Waals surface area (Å²) in [6.45, 7) is 2.51. The predicted octanol–water partition coefficient (Wildman–Crippen LogP) is 3.27. The molecule has 0 fully saturated rings. The summed E-state index contributed by atoms with van der Waals surface area (Å²) in [5.41, 5.74) is 7.01. The van der Waals surface area contributed by atoms with Crippen LogP contribution < -0.4 is 10.5 Å². The number of aromatic nitrogens is 2. The van der Waals surface area contributed by atoms with Crippen LogP contribution in [0.4, 0.5) is 0 Å². The molecule has 0 radical (unpaired) electrons. The van der Waals surface area contributed by atoms with Gasteiger partial charge in [-0.1, -0.05) is 42.1 Å². The summed E-state index contributed by atoms with van der Waals surface area (Å²) in [6.07, 6.45) is 0. The Bertz CT molecular complexity index is 869. The van der Waals surface area contributed by atoms with E-state index in [4.69, 9.17) is 10.5 Å². The highest BCUT2D eigenvalue weighted by Crippen LogP contribution is 2.30. The Labute approximate surface area is 144 Å². The number of nitrogens with zero attached hydrogens (tertiary/aromatic N) is 2. The van der Waals surface area contributed by atoms with Gasteiger partial charge in [0.1, 0.15) is 10.8 Å². The Balaban J connectivity index is 2.12. The van der Waals surface area contributed by atoms with Crippen LogP contribution in [0.25, 0.3) is 22.3 Å². The molecule has 0 aliphatic carbocycles. The van der Waals surface area contributed by atoms with Gasteiger partial charge in [0.05, 0.1) is 17.9 Å². The molecule has 5 nitrogen and oxygen atoms in total. The molecule has 0 saturated carbocycles. The average molecular weight is 339 g/mol. The van der Waals surface area contributed by atoms with Gasteiger partial charge in [-0.15, -0.1) is 0 Å². The highest BCUT2D eigenvalue weighted by atomic mass is 32.2. The maximum absolute atomic E-state index is 11.2. The van der Waals surface area contributed by atoms with E-state index in [9.17, 15) is 4.79 Å². The third kappa shape index (κ3) is 3.65. The van der Waals surface area contributed by atoms with Crippen molar-refractivity contribution in [2.24, 2.45) is 5.73 Å². The van der Waals surface area contributed by atoms with Crippen LogP contribution in [0, 0.1) is 0 Å². The zero-order chi connectivity index (χ0) is 16.9. The molecule has 0 atom stereocenters. The van der Waals surface area contributed by atoms with Gasteiger partial charge in [0.15, 0.2) is 5.82 Å². The first-order chi connectivity index (χ1) is 11.7. The second-order valence-electron chi connectivity index (χ2n) is 5.09. The summed E-state index contributed by atoms with van der Waals surface area (Å²) in [7, 11) is 0. The SMILES string of the molecule is CCOc1ccc2nc(-c3ccccc3)nc(SCC(N)=O)c2c1. The molecule has 1 heterocycles. The van der Waals surface area contributed by atoms with Gasteiger partial charge in [0.25, 0.3) is 0 Å². The van der Waals surface area contributed by atoms with Crippen LogP contribution in [0.15, 0.2) is 53.6 Å². The van der Waals surface area contributed by atoms with Crippen molar-refractivity contribution in [1.82, 2.24) is 9.97 Å². The molecule has 2 N–H and O–H groups in total. The van der Waals surface area contributed by atoms with Crippen molar-refractivity contribution >= 4 is 28.6 Å². The lowest BCUT2D eigenvalue weighted by molar-refractivity contribution is -0.115. The molecule has 2 aromatic carbocycles. The van der Waals surface area contributed by atoms with Crippen LogP contribution in [-0.4, -0.2) is 28.2 Å². The molecule has 0 spiro atoms. The lowest BCUT2D eigenvalue weighted by Crippen LogP contribution is -2.13. The number of benzene rings is 2. The average Bonchev–Trinajstić information content (AvgIpc) is 2.60. The number of thioether (sulfide) groups is 1. The van der Waals surface area contributed by atoms with Crippen LogP contribution in [0.3, 0.4) is 0 Å². The summed E-state index contributed by atoms with van der Waals surface area (Å²) in [5, 5.41) is 1.58. The van der Waals surface area contributed by atoms with E-state index >= 15 is 0 Å². The molecule has 1 amide bonds. The quantitative estimate of drug-likeness (QED) is 0.551. The Morgan fingerprint density at radius 1 is 1.17 bits per heavy atom. The fourth-order valence-corrected chi connectivity index (χ4v) is 3.05. The molecule has 24 heavy (non-hydrogen) atoms. The fourth-order valence-electron chi connectivity index (χ4n) is 2.30. The first kappa shape index (κ1) is 16.3. The van der Waals surface area contributed by atoms with E-state index in [0.717, 1.165) is 27.2 Å². The van der Waals surface area contributed by atoms with E-state index < -0.39 is 0 Å². The number of carbonyl (C=O) groups is 1. The van der Waals surface area contributed by atoms with Gasteiger partial charge in [0.2, 0.25) is 5.91 Å². The van der Waals surface area contributed by atoms with Crippen molar-refractivity contribution in [3.05, 3.63) is 48.5 Å². The summed E-state index contributed by atoms with van der Waals surface area (Å²) >= 11 is 1.31. The van der Waals surface area contributed by atoms with E-state index in [0.29, 0.717) is 12.4 Å². The number of ether oxygens (including phenoxy) is 1. The Kier molecular flexibility index (Phi) is 4.96. The van der Waals surface area contributed by atoms with Crippen LogP contribution in [0.2, 0.25) is 0 Å². The Morgan fingerprint density at radius 3 is 2.67 bits per heavy atom. The van der Waals surface area contributed by atoms with Crippen molar-refractivity contribution in [2.75, 3.05) is 12.4 Å². The van der Waals surface area contributed by atoms with Crippen molar-refractivity contribution in [3.8, 4) is 17.1 Å². The summed E-state index contributed by atoms with van der Waals surface area (Å²) in [4.78, 5) is 20.4. The highest BCUT2D eigenvalue weighted by molar-refractivity contribution is 8.00. The van der Waals surface area contributed by atoms with Gasteiger partial charge in [-0.2, -0.15) is 0 Å². The monoisotopic (exact) mass is 339 g/mol. The third-order valence-electron chi connectivity index (χ3n) is 3.33. The molecular weight excluding hydrogens is 322 g/mol. The van der Waals surface area contributed by atoms with E-state index in [1.54, 1.807) is 0 Å². The van der Waals surface area contributed by atoms with Crippen LogP contribution in [-0.2, 0) is 4.79 Å². The Morgan fingerprint density at radius 2 is 1.96 bits per heavy atom. The number of hydrogen-bond donors (Lipinski definition) is 1. The maximum atomic E-state index is 11.2. The van der Waals surface area contributed by atoms with Gasteiger partial charge < -0.3 is 10.5 Å². The number of nitrogens with two attached hydrogens (primary N) is 1. The molecule has 3 aromatic rings. The second kappa shape index (κ2) is 7.31. The van der Waals surface area contributed by atoms with E-state index in [1.165, 1.54) is 11.8 Å². The van der Waals surface area contributed by atoms with Gasteiger partial charge in [-0.3, -0.25) is 4.79 Å². The standard InChI is InChI=1S/C18H17N3O2S/c1-2-23-13-8-9-15-14(10-13)18(24-11-16(19)22)21-17(20-15)12-6-4-3-5-7-12/h3-10H,2,11H2,1H3,(H2,19,22). The summed E-state index contributed by atoms with van der Waals surface area (Å²) in [6, 6.07) is 15.4. The minimum Gasteiger partial charge on any atom is -0.494 e. The molecule has 3 rings (SSSR count). The van der Waals surface area contributed by atoms with Gasteiger partial charge in [-0.25, -0.2) is 9.97 Å².